The summed E-state index contributed by atoms with van der Waals surface area (Å²) in [6, 6.07) is 19.0. The topological polar surface area (TPSA) is 85.3 Å². The van der Waals surface area contributed by atoms with E-state index in [-0.39, 0.29) is 37.8 Å². The SMILES string of the molecule is CCOC(Cc1ccc(OCCN(CCCc2ccc(F)cc2)C(=O)OCc2ccc(F)cc2)cc1)C(=O)O. The van der Waals surface area contributed by atoms with Crippen LogP contribution in [0.15, 0.2) is 72.8 Å². The summed E-state index contributed by atoms with van der Waals surface area (Å²) in [7, 11) is 0. The van der Waals surface area contributed by atoms with E-state index in [9.17, 15) is 23.5 Å². The van der Waals surface area contributed by atoms with E-state index >= 15 is 0 Å². The zero-order chi connectivity index (χ0) is 28.0. The van der Waals surface area contributed by atoms with Crippen LogP contribution in [0.1, 0.15) is 30.0 Å². The summed E-state index contributed by atoms with van der Waals surface area (Å²) in [4.78, 5) is 25.7. The van der Waals surface area contributed by atoms with Crippen LogP contribution in [-0.2, 0) is 33.7 Å². The maximum atomic E-state index is 13.2. The Balaban J connectivity index is 1.53. The molecule has 0 saturated carbocycles. The van der Waals surface area contributed by atoms with Crippen LogP contribution in [0.3, 0.4) is 0 Å². The molecule has 208 valence electrons. The van der Waals surface area contributed by atoms with Crippen LogP contribution in [-0.4, -0.2) is 54.5 Å². The van der Waals surface area contributed by atoms with Crippen LogP contribution >= 0.6 is 0 Å². The maximum absolute atomic E-state index is 13.2. The molecule has 0 spiro atoms. The summed E-state index contributed by atoms with van der Waals surface area (Å²) in [5.74, 6) is -1.10. The number of halogens is 2. The molecule has 1 unspecified atom stereocenters. The molecule has 0 radical (unpaired) electrons. The zero-order valence-electron chi connectivity index (χ0n) is 21.9. The normalized spacial score (nSPS) is 11.6. The average Bonchev–Trinajstić information content (AvgIpc) is 2.93. The highest BCUT2D eigenvalue weighted by Crippen LogP contribution is 2.15. The van der Waals surface area contributed by atoms with Crippen molar-refractivity contribution in [2.45, 2.75) is 38.9 Å². The summed E-state index contributed by atoms with van der Waals surface area (Å²) >= 11 is 0. The van der Waals surface area contributed by atoms with Gasteiger partial charge in [-0.2, -0.15) is 0 Å². The van der Waals surface area contributed by atoms with Gasteiger partial charge in [-0.1, -0.05) is 36.4 Å². The van der Waals surface area contributed by atoms with Crippen molar-refractivity contribution >= 4 is 12.1 Å². The van der Waals surface area contributed by atoms with Gasteiger partial charge in [-0.3, -0.25) is 0 Å². The number of aryl methyl sites for hydroxylation is 1. The number of hydrogen-bond donors (Lipinski definition) is 1. The van der Waals surface area contributed by atoms with Crippen LogP contribution in [0, 0.1) is 11.6 Å². The number of aliphatic carboxylic acids is 1. The van der Waals surface area contributed by atoms with Gasteiger partial charge >= 0.3 is 12.1 Å². The first-order valence-electron chi connectivity index (χ1n) is 12.8. The Bertz CT molecular complexity index is 1170. The Labute approximate surface area is 226 Å². The third kappa shape index (κ3) is 10.4. The molecule has 3 aromatic carbocycles. The molecule has 0 saturated heterocycles. The van der Waals surface area contributed by atoms with E-state index in [2.05, 4.69) is 0 Å². The number of carboxylic acid groups (broad SMARTS) is 1. The molecule has 0 aliphatic carbocycles. The van der Waals surface area contributed by atoms with Crippen molar-refractivity contribution in [3.05, 3.63) is 101 Å². The van der Waals surface area contributed by atoms with Crippen LogP contribution in [0.2, 0.25) is 0 Å². The summed E-state index contributed by atoms with van der Waals surface area (Å²) in [6.07, 6.45) is 0.102. The first-order valence-corrected chi connectivity index (χ1v) is 12.8. The number of carbonyl (C=O) groups excluding carboxylic acids is 1. The van der Waals surface area contributed by atoms with Gasteiger partial charge in [0.05, 0.1) is 6.54 Å². The molecule has 0 heterocycles. The Morgan fingerprint density at radius 3 is 2.03 bits per heavy atom. The predicted molar refractivity (Wildman–Crippen MR) is 142 cm³/mol. The van der Waals surface area contributed by atoms with Crippen LogP contribution in [0.5, 0.6) is 5.75 Å². The lowest BCUT2D eigenvalue weighted by atomic mass is 10.1. The number of ether oxygens (including phenoxy) is 3. The largest absolute Gasteiger partial charge is 0.492 e. The van der Waals surface area contributed by atoms with E-state index in [0.717, 1.165) is 11.1 Å². The van der Waals surface area contributed by atoms with Crippen molar-refractivity contribution in [3.63, 3.8) is 0 Å². The second-order valence-electron chi connectivity index (χ2n) is 8.88. The number of rotatable bonds is 15. The molecule has 1 atom stereocenters. The molecule has 0 fully saturated rings. The van der Waals surface area contributed by atoms with Gasteiger partial charge in [0.2, 0.25) is 0 Å². The van der Waals surface area contributed by atoms with Crippen LogP contribution < -0.4 is 4.74 Å². The van der Waals surface area contributed by atoms with Crippen molar-refractivity contribution in [1.29, 1.82) is 0 Å². The van der Waals surface area contributed by atoms with Crippen molar-refractivity contribution in [2.75, 3.05) is 26.3 Å². The lowest BCUT2D eigenvalue weighted by molar-refractivity contribution is -0.149. The molecule has 3 aromatic rings. The molecule has 1 N–H and O–H groups in total. The van der Waals surface area contributed by atoms with E-state index in [4.69, 9.17) is 14.2 Å². The number of amides is 1. The van der Waals surface area contributed by atoms with Crippen LogP contribution in [0.4, 0.5) is 13.6 Å². The second-order valence-corrected chi connectivity index (χ2v) is 8.88. The van der Waals surface area contributed by atoms with E-state index < -0.39 is 18.2 Å². The third-order valence-electron chi connectivity index (χ3n) is 5.96. The van der Waals surface area contributed by atoms with Crippen molar-refractivity contribution in [2.24, 2.45) is 0 Å². The molecule has 9 heteroatoms. The lowest BCUT2D eigenvalue weighted by Crippen LogP contribution is -2.36. The van der Waals surface area contributed by atoms with Gasteiger partial charge in [-0.15, -0.1) is 0 Å². The van der Waals surface area contributed by atoms with Crippen LogP contribution in [0.25, 0.3) is 0 Å². The van der Waals surface area contributed by atoms with E-state index in [1.165, 1.54) is 24.3 Å². The fourth-order valence-electron chi connectivity index (χ4n) is 3.86. The maximum Gasteiger partial charge on any atom is 0.410 e. The molecule has 0 aliphatic rings. The minimum Gasteiger partial charge on any atom is -0.492 e. The number of benzene rings is 3. The van der Waals surface area contributed by atoms with Crippen molar-refractivity contribution < 1.29 is 37.7 Å². The number of carboxylic acids is 1. The number of nitrogens with zero attached hydrogens (tertiary/aromatic N) is 1. The van der Waals surface area contributed by atoms with E-state index in [0.29, 0.717) is 37.3 Å². The number of carbonyl (C=O) groups is 2. The van der Waals surface area contributed by atoms with Gasteiger partial charge < -0.3 is 24.2 Å². The summed E-state index contributed by atoms with van der Waals surface area (Å²) in [5.41, 5.74) is 2.43. The highest BCUT2D eigenvalue weighted by molar-refractivity contribution is 5.72. The summed E-state index contributed by atoms with van der Waals surface area (Å²) in [6.45, 7) is 2.93. The quantitative estimate of drug-likeness (QED) is 0.268. The fourth-order valence-corrected chi connectivity index (χ4v) is 3.86. The minimum absolute atomic E-state index is 0.00891. The third-order valence-corrected chi connectivity index (χ3v) is 5.96. The van der Waals surface area contributed by atoms with Gasteiger partial charge in [0.15, 0.2) is 6.10 Å². The smallest absolute Gasteiger partial charge is 0.410 e. The predicted octanol–water partition coefficient (Wildman–Crippen LogP) is 5.65. The summed E-state index contributed by atoms with van der Waals surface area (Å²) < 4.78 is 42.8. The highest BCUT2D eigenvalue weighted by Gasteiger charge is 2.18. The highest BCUT2D eigenvalue weighted by atomic mass is 19.1. The molecule has 7 nitrogen and oxygen atoms in total. The average molecular weight is 542 g/mol. The van der Waals surface area contributed by atoms with E-state index in [1.54, 1.807) is 60.4 Å². The van der Waals surface area contributed by atoms with Gasteiger partial charge in [0.1, 0.15) is 30.6 Å². The van der Waals surface area contributed by atoms with Gasteiger partial charge in [-0.05, 0) is 72.9 Å². The molecule has 0 aromatic heterocycles. The van der Waals surface area contributed by atoms with Crippen molar-refractivity contribution in [1.82, 2.24) is 4.90 Å². The summed E-state index contributed by atoms with van der Waals surface area (Å²) in [5, 5.41) is 9.26. The molecular formula is C30H33F2NO6. The molecule has 39 heavy (non-hydrogen) atoms. The molecule has 0 bridgehead atoms. The van der Waals surface area contributed by atoms with Gasteiger partial charge in [-0.25, -0.2) is 18.4 Å². The Morgan fingerprint density at radius 1 is 0.846 bits per heavy atom. The first-order chi connectivity index (χ1) is 18.8. The first kappa shape index (κ1) is 29.6. The zero-order valence-corrected chi connectivity index (χ0v) is 21.9. The standard InChI is InChI=1S/C30H33F2NO6/c1-2-37-28(29(34)35)20-23-9-15-27(16-10-23)38-19-18-33(17-3-4-22-5-11-25(31)12-6-22)30(36)39-21-24-7-13-26(32)14-8-24/h5-16,28H,2-4,17-21H2,1H3,(H,34,35). The van der Waals surface area contributed by atoms with E-state index in [1.807, 2.05) is 0 Å². The monoisotopic (exact) mass is 541 g/mol. The molecule has 3 rings (SSSR count). The molecule has 1 amide bonds. The second kappa shape index (κ2) is 15.4. The number of hydrogen-bond acceptors (Lipinski definition) is 5. The lowest BCUT2D eigenvalue weighted by Gasteiger charge is -2.22. The Hall–Kier alpha value is -3.98. The molecule has 0 aliphatic heterocycles. The fraction of sp³-hybridized carbons (Fsp3) is 0.333. The minimum atomic E-state index is -1.01. The van der Waals surface area contributed by atoms with Gasteiger partial charge in [0.25, 0.3) is 0 Å². The van der Waals surface area contributed by atoms with Gasteiger partial charge in [0, 0.05) is 19.6 Å². The Kier molecular flexibility index (Phi) is 11.7. The molecular weight excluding hydrogens is 508 g/mol. The van der Waals surface area contributed by atoms with Crippen molar-refractivity contribution in [3.8, 4) is 5.75 Å². The Morgan fingerprint density at radius 2 is 1.44 bits per heavy atom.